The smallest absolute Gasteiger partial charge is 0.0645 e. The van der Waals surface area contributed by atoms with E-state index in [0.717, 1.165) is 39.3 Å². The van der Waals surface area contributed by atoms with Gasteiger partial charge in [0.25, 0.3) is 0 Å². The number of hydrogen-bond acceptors (Lipinski definition) is 3. The Labute approximate surface area is 81.1 Å². The van der Waals surface area contributed by atoms with E-state index in [1.165, 1.54) is 0 Å². The monoisotopic (exact) mass is 187 g/mol. The van der Waals surface area contributed by atoms with Crippen LogP contribution in [0, 0.1) is 0 Å². The summed E-state index contributed by atoms with van der Waals surface area (Å²) in [7, 11) is 0. The summed E-state index contributed by atoms with van der Waals surface area (Å²) < 4.78 is 10.4. The van der Waals surface area contributed by atoms with Gasteiger partial charge < -0.3 is 14.8 Å². The Hall–Kier alpha value is -0.380. The van der Waals surface area contributed by atoms with E-state index in [1.807, 2.05) is 6.92 Å². The van der Waals surface area contributed by atoms with Crippen LogP contribution in [-0.2, 0) is 9.47 Å². The molecule has 0 unspecified atom stereocenters. The molecule has 0 rings (SSSR count). The molecule has 0 saturated heterocycles. The lowest BCUT2D eigenvalue weighted by atomic mass is 10.4. The van der Waals surface area contributed by atoms with Gasteiger partial charge in [0.1, 0.15) is 0 Å². The molecule has 3 nitrogen and oxygen atoms in total. The van der Waals surface area contributed by atoms with Crippen LogP contribution in [0.5, 0.6) is 0 Å². The molecular weight excluding hydrogens is 166 g/mol. The zero-order valence-electron chi connectivity index (χ0n) is 8.55. The Bertz CT molecular complexity index is 107. The highest BCUT2D eigenvalue weighted by molar-refractivity contribution is 4.63. The third-order valence-electron chi connectivity index (χ3n) is 1.51. The van der Waals surface area contributed by atoms with Crippen LogP contribution in [0.4, 0.5) is 0 Å². The molecule has 3 heteroatoms. The minimum atomic E-state index is 0.640. The first-order valence-electron chi connectivity index (χ1n) is 4.89. The molecule has 0 aliphatic heterocycles. The van der Waals surface area contributed by atoms with Crippen molar-refractivity contribution in [3.05, 3.63) is 12.7 Å². The van der Waals surface area contributed by atoms with Crippen LogP contribution >= 0.6 is 0 Å². The van der Waals surface area contributed by atoms with Crippen molar-refractivity contribution in [2.24, 2.45) is 0 Å². The van der Waals surface area contributed by atoms with Gasteiger partial charge in [-0.05, 0) is 19.9 Å². The Kier molecular flexibility index (Phi) is 11.3. The highest BCUT2D eigenvalue weighted by Crippen LogP contribution is 1.80. The topological polar surface area (TPSA) is 30.5 Å². The van der Waals surface area contributed by atoms with Crippen molar-refractivity contribution in [2.45, 2.75) is 13.3 Å². The fourth-order valence-corrected chi connectivity index (χ4v) is 0.880. The molecule has 0 aliphatic rings. The molecule has 13 heavy (non-hydrogen) atoms. The molecular formula is C10H21NO2. The summed E-state index contributed by atoms with van der Waals surface area (Å²) in [5.41, 5.74) is 0. The maximum absolute atomic E-state index is 5.20. The van der Waals surface area contributed by atoms with E-state index in [0.29, 0.717) is 6.61 Å². The standard InChI is InChI=1S/C10H21NO2/c1-3-8-13-10-7-11-6-5-9-12-4-2/h3,11H,1,4-10H2,2H3. The van der Waals surface area contributed by atoms with Crippen LogP contribution < -0.4 is 5.32 Å². The summed E-state index contributed by atoms with van der Waals surface area (Å²) >= 11 is 0. The van der Waals surface area contributed by atoms with Crippen LogP contribution in [0.15, 0.2) is 12.7 Å². The highest BCUT2D eigenvalue weighted by atomic mass is 16.5. The Morgan fingerprint density at radius 1 is 1.23 bits per heavy atom. The first kappa shape index (κ1) is 12.6. The predicted octanol–water partition coefficient (Wildman–Crippen LogP) is 1.21. The molecule has 0 heterocycles. The molecule has 78 valence electrons. The third kappa shape index (κ3) is 11.6. The van der Waals surface area contributed by atoms with E-state index in [1.54, 1.807) is 6.08 Å². The largest absolute Gasteiger partial charge is 0.382 e. The summed E-state index contributed by atoms with van der Waals surface area (Å²) in [6.07, 6.45) is 2.82. The van der Waals surface area contributed by atoms with E-state index in [-0.39, 0.29) is 0 Å². The SMILES string of the molecule is C=CCOCCNCCCOCC. The van der Waals surface area contributed by atoms with Crippen LogP contribution in [-0.4, -0.2) is 39.5 Å². The van der Waals surface area contributed by atoms with Gasteiger partial charge in [-0.1, -0.05) is 6.08 Å². The molecule has 0 bridgehead atoms. The summed E-state index contributed by atoms with van der Waals surface area (Å²) in [5, 5.41) is 3.26. The maximum atomic E-state index is 5.20. The van der Waals surface area contributed by atoms with E-state index in [9.17, 15) is 0 Å². The van der Waals surface area contributed by atoms with Gasteiger partial charge >= 0.3 is 0 Å². The lowest BCUT2D eigenvalue weighted by Gasteiger charge is -2.04. The summed E-state index contributed by atoms with van der Waals surface area (Å²) in [6, 6.07) is 0. The van der Waals surface area contributed by atoms with Gasteiger partial charge in [0, 0.05) is 19.8 Å². The van der Waals surface area contributed by atoms with Gasteiger partial charge in [-0.25, -0.2) is 0 Å². The molecule has 0 atom stereocenters. The van der Waals surface area contributed by atoms with Gasteiger partial charge in [-0.15, -0.1) is 6.58 Å². The number of ether oxygens (including phenoxy) is 2. The minimum Gasteiger partial charge on any atom is -0.382 e. The molecule has 0 spiro atoms. The van der Waals surface area contributed by atoms with Gasteiger partial charge in [0.2, 0.25) is 0 Å². The molecule has 0 aromatic heterocycles. The Balaban J connectivity index is 2.79. The predicted molar refractivity (Wildman–Crippen MR) is 55.0 cm³/mol. The van der Waals surface area contributed by atoms with E-state index in [4.69, 9.17) is 9.47 Å². The van der Waals surface area contributed by atoms with E-state index in [2.05, 4.69) is 11.9 Å². The van der Waals surface area contributed by atoms with Crippen molar-refractivity contribution in [3.8, 4) is 0 Å². The maximum Gasteiger partial charge on any atom is 0.0645 e. The lowest BCUT2D eigenvalue weighted by Crippen LogP contribution is -2.21. The molecule has 0 fully saturated rings. The zero-order chi connectivity index (χ0) is 9.78. The summed E-state index contributed by atoms with van der Waals surface area (Å²) in [4.78, 5) is 0. The van der Waals surface area contributed by atoms with Crippen LogP contribution in [0.2, 0.25) is 0 Å². The van der Waals surface area contributed by atoms with Gasteiger partial charge in [0.05, 0.1) is 13.2 Å². The van der Waals surface area contributed by atoms with Crippen molar-refractivity contribution in [1.82, 2.24) is 5.32 Å². The molecule has 0 radical (unpaired) electrons. The van der Waals surface area contributed by atoms with Crippen LogP contribution in [0.3, 0.4) is 0 Å². The van der Waals surface area contributed by atoms with Gasteiger partial charge in [-0.3, -0.25) is 0 Å². The summed E-state index contributed by atoms with van der Waals surface area (Å²) in [6.45, 7) is 10.5. The molecule has 0 saturated carbocycles. The number of hydrogen-bond donors (Lipinski definition) is 1. The average molecular weight is 187 g/mol. The second-order valence-corrected chi connectivity index (χ2v) is 2.66. The Morgan fingerprint density at radius 3 is 2.77 bits per heavy atom. The minimum absolute atomic E-state index is 0.640. The number of rotatable bonds is 10. The van der Waals surface area contributed by atoms with Gasteiger partial charge in [-0.2, -0.15) is 0 Å². The normalized spacial score (nSPS) is 10.2. The highest BCUT2D eigenvalue weighted by Gasteiger charge is 1.88. The zero-order valence-corrected chi connectivity index (χ0v) is 8.55. The van der Waals surface area contributed by atoms with E-state index < -0.39 is 0 Å². The summed E-state index contributed by atoms with van der Waals surface area (Å²) in [5.74, 6) is 0. The van der Waals surface area contributed by atoms with Crippen molar-refractivity contribution >= 4 is 0 Å². The van der Waals surface area contributed by atoms with Crippen molar-refractivity contribution < 1.29 is 9.47 Å². The quantitative estimate of drug-likeness (QED) is 0.412. The molecule has 0 aromatic rings. The first-order valence-corrected chi connectivity index (χ1v) is 4.89. The first-order chi connectivity index (χ1) is 6.41. The average Bonchev–Trinajstić information content (AvgIpc) is 2.16. The van der Waals surface area contributed by atoms with Crippen molar-refractivity contribution in [1.29, 1.82) is 0 Å². The Morgan fingerprint density at radius 2 is 2.08 bits per heavy atom. The van der Waals surface area contributed by atoms with Crippen molar-refractivity contribution in [2.75, 3.05) is 39.5 Å². The third-order valence-corrected chi connectivity index (χ3v) is 1.51. The fraction of sp³-hybridized carbons (Fsp3) is 0.800. The fourth-order valence-electron chi connectivity index (χ4n) is 0.880. The second-order valence-electron chi connectivity index (χ2n) is 2.66. The second kappa shape index (κ2) is 11.6. The van der Waals surface area contributed by atoms with Crippen molar-refractivity contribution in [3.63, 3.8) is 0 Å². The van der Waals surface area contributed by atoms with Crippen LogP contribution in [0.25, 0.3) is 0 Å². The van der Waals surface area contributed by atoms with Crippen LogP contribution in [0.1, 0.15) is 13.3 Å². The van der Waals surface area contributed by atoms with Gasteiger partial charge in [0.15, 0.2) is 0 Å². The molecule has 0 aliphatic carbocycles. The lowest BCUT2D eigenvalue weighted by molar-refractivity contribution is 0.141. The molecule has 1 N–H and O–H groups in total. The molecule has 0 amide bonds. The number of nitrogens with one attached hydrogen (secondary N) is 1. The van der Waals surface area contributed by atoms with E-state index >= 15 is 0 Å². The molecule has 0 aromatic carbocycles.